The van der Waals surface area contributed by atoms with E-state index in [4.69, 9.17) is 9.47 Å². The van der Waals surface area contributed by atoms with E-state index in [0.29, 0.717) is 23.5 Å². The zero-order valence-corrected chi connectivity index (χ0v) is 20.3. The van der Waals surface area contributed by atoms with Crippen LogP contribution in [0.15, 0.2) is 41.3 Å². The van der Waals surface area contributed by atoms with Crippen molar-refractivity contribution in [3.05, 3.63) is 42.0 Å². The highest BCUT2D eigenvalue weighted by atomic mass is 32.2. The maximum atomic E-state index is 13.2. The molecule has 0 aliphatic carbocycles. The first kappa shape index (κ1) is 22.7. The predicted octanol–water partition coefficient (Wildman–Crippen LogP) is 3.79. The van der Waals surface area contributed by atoms with Crippen molar-refractivity contribution in [3.8, 4) is 11.5 Å². The molecule has 2 heterocycles. The first-order valence-electron chi connectivity index (χ1n) is 11.1. The molecule has 32 heavy (non-hydrogen) atoms. The van der Waals surface area contributed by atoms with E-state index >= 15 is 0 Å². The van der Waals surface area contributed by atoms with E-state index in [1.54, 1.807) is 25.3 Å². The highest BCUT2D eigenvalue weighted by Gasteiger charge is 2.28. The molecule has 0 spiro atoms. The summed E-state index contributed by atoms with van der Waals surface area (Å²) >= 11 is 0. The van der Waals surface area contributed by atoms with Gasteiger partial charge >= 0.3 is 0 Å². The summed E-state index contributed by atoms with van der Waals surface area (Å²) in [6.45, 7) is 10.1. The number of aryl methyl sites for hydroxylation is 1. The Morgan fingerprint density at radius 3 is 2.53 bits per heavy atom. The Balaban J connectivity index is 1.61. The van der Waals surface area contributed by atoms with Crippen LogP contribution in [0.3, 0.4) is 0 Å². The van der Waals surface area contributed by atoms with Gasteiger partial charge in [-0.05, 0) is 82.5 Å². The topological polar surface area (TPSA) is 79.9 Å². The van der Waals surface area contributed by atoms with Crippen LogP contribution in [-0.2, 0) is 16.4 Å². The second-order valence-corrected chi connectivity index (χ2v) is 11.2. The Morgan fingerprint density at radius 1 is 1.12 bits per heavy atom. The standard InChI is InChI=1S/C24H33N3O4S/c1-16-14-27(15-17(2)25-16)19-6-8-23(30-5)21(13-19)26-32(28,29)20-7-9-22-18(12-20)10-11-24(3,4)31-22/h6-9,12-13,16-17,25-26H,10-11,14-15H2,1-5H3/t16-,17+. The summed E-state index contributed by atoms with van der Waals surface area (Å²) in [6, 6.07) is 11.4. The van der Waals surface area contributed by atoms with Crippen LogP contribution in [-0.4, -0.2) is 46.3 Å². The van der Waals surface area contributed by atoms with Gasteiger partial charge in [-0.3, -0.25) is 4.72 Å². The molecular formula is C24H33N3O4S. The number of hydrogen-bond acceptors (Lipinski definition) is 6. The van der Waals surface area contributed by atoms with E-state index in [1.807, 2.05) is 32.0 Å². The van der Waals surface area contributed by atoms with E-state index in [2.05, 4.69) is 28.8 Å². The molecule has 1 saturated heterocycles. The smallest absolute Gasteiger partial charge is 0.262 e. The lowest BCUT2D eigenvalue weighted by atomic mass is 9.94. The van der Waals surface area contributed by atoms with E-state index < -0.39 is 10.0 Å². The fourth-order valence-electron chi connectivity index (χ4n) is 4.52. The molecule has 0 unspecified atom stereocenters. The molecule has 7 nitrogen and oxygen atoms in total. The molecular weight excluding hydrogens is 426 g/mol. The summed E-state index contributed by atoms with van der Waals surface area (Å²) in [7, 11) is -2.25. The number of nitrogens with zero attached hydrogens (tertiary/aromatic N) is 1. The lowest BCUT2D eigenvalue weighted by Gasteiger charge is -2.38. The van der Waals surface area contributed by atoms with E-state index in [9.17, 15) is 8.42 Å². The lowest BCUT2D eigenvalue weighted by Crippen LogP contribution is -2.54. The Kier molecular flexibility index (Phi) is 6.02. The number of ether oxygens (including phenoxy) is 2. The number of fused-ring (bicyclic) bond motifs is 1. The number of hydrogen-bond donors (Lipinski definition) is 2. The highest BCUT2D eigenvalue weighted by Crippen LogP contribution is 2.36. The van der Waals surface area contributed by atoms with Crippen LogP contribution in [0.4, 0.5) is 11.4 Å². The van der Waals surface area contributed by atoms with Crippen LogP contribution in [0.25, 0.3) is 0 Å². The number of sulfonamides is 1. The summed E-state index contributed by atoms with van der Waals surface area (Å²) in [5.41, 5.74) is 2.07. The number of methoxy groups -OCH3 is 1. The molecule has 4 rings (SSSR count). The minimum absolute atomic E-state index is 0.219. The lowest BCUT2D eigenvalue weighted by molar-refractivity contribution is 0.0845. The van der Waals surface area contributed by atoms with Crippen LogP contribution in [0.2, 0.25) is 0 Å². The van der Waals surface area contributed by atoms with Crippen molar-refractivity contribution in [2.75, 3.05) is 29.8 Å². The van der Waals surface area contributed by atoms with Crippen molar-refractivity contribution < 1.29 is 17.9 Å². The third-order valence-corrected chi connectivity index (χ3v) is 7.44. The SMILES string of the molecule is COc1ccc(N2C[C@@H](C)N[C@@H](C)C2)cc1NS(=O)(=O)c1ccc2c(c1)CCC(C)(C)O2. The normalized spacial score (nSPS) is 22.6. The fraction of sp³-hybridized carbons (Fsp3) is 0.500. The van der Waals surface area contributed by atoms with Crippen molar-refractivity contribution >= 4 is 21.4 Å². The molecule has 0 radical (unpaired) electrons. The average molecular weight is 460 g/mol. The minimum Gasteiger partial charge on any atom is -0.495 e. The van der Waals surface area contributed by atoms with Gasteiger partial charge in [0, 0.05) is 30.9 Å². The van der Waals surface area contributed by atoms with Crippen LogP contribution in [0, 0.1) is 0 Å². The van der Waals surface area contributed by atoms with Gasteiger partial charge in [0.1, 0.15) is 17.1 Å². The molecule has 0 saturated carbocycles. The molecule has 0 amide bonds. The number of piperazine rings is 1. The van der Waals surface area contributed by atoms with Crippen molar-refractivity contribution in [1.29, 1.82) is 0 Å². The predicted molar refractivity (Wildman–Crippen MR) is 128 cm³/mol. The molecule has 2 aliphatic rings. The van der Waals surface area contributed by atoms with Crippen molar-refractivity contribution in [2.24, 2.45) is 0 Å². The molecule has 2 atom stereocenters. The summed E-state index contributed by atoms with van der Waals surface area (Å²) in [5, 5.41) is 3.52. The quantitative estimate of drug-likeness (QED) is 0.708. The van der Waals surface area contributed by atoms with Crippen molar-refractivity contribution in [3.63, 3.8) is 0 Å². The number of nitrogens with one attached hydrogen (secondary N) is 2. The molecule has 2 aliphatic heterocycles. The first-order chi connectivity index (χ1) is 15.1. The molecule has 0 bridgehead atoms. The Morgan fingerprint density at radius 2 is 1.84 bits per heavy atom. The van der Waals surface area contributed by atoms with Gasteiger partial charge in [0.25, 0.3) is 10.0 Å². The fourth-order valence-corrected chi connectivity index (χ4v) is 5.63. The molecule has 2 N–H and O–H groups in total. The van der Waals surface area contributed by atoms with E-state index in [0.717, 1.165) is 42.9 Å². The van der Waals surface area contributed by atoms with Crippen LogP contribution < -0.4 is 24.4 Å². The minimum atomic E-state index is -3.79. The number of rotatable bonds is 5. The van der Waals surface area contributed by atoms with Crippen molar-refractivity contribution in [2.45, 2.75) is 63.1 Å². The Labute approximate surface area is 191 Å². The monoisotopic (exact) mass is 459 g/mol. The summed E-state index contributed by atoms with van der Waals surface area (Å²) in [5.74, 6) is 1.23. The second-order valence-electron chi connectivity index (χ2n) is 9.50. The van der Waals surface area contributed by atoms with Crippen LogP contribution in [0.5, 0.6) is 11.5 Å². The van der Waals surface area contributed by atoms with Crippen LogP contribution in [0.1, 0.15) is 39.7 Å². The molecule has 2 aromatic rings. The zero-order valence-electron chi connectivity index (χ0n) is 19.4. The number of benzene rings is 2. The van der Waals surface area contributed by atoms with Gasteiger partial charge in [0.2, 0.25) is 0 Å². The second kappa shape index (κ2) is 8.48. The van der Waals surface area contributed by atoms with Gasteiger partial charge in [-0.1, -0.05) is 0 Å². The van der Waals surface area contributed by atoms with Gasteiger partial charge in [0.05, 0.1) is 17.7 Å². The first-order valence-corrected chi connectivity index (χ1v) is 12.6. The third-order valence-electron chi connectivity index (χ3n) is 6.07. The zero-order chi connectivity index (χ0) is 23.1. The highest BCUT2D eigenvalue weighted by molar-refractivity contribution is 7.92. The van der Waals surface area contributed by atoms with E-state index in [-0.39, 0.29) is 10.5 Å². The number of anilines is 2. The maximum Gasteiger partial charge on any atom is 0.262 e. The molecule has 8 heteroatoms. The largest absolute Gasteiger partial charge is 0.495 e. The third kappa shape index (κ3) is 4.81. The van der Waals surface area contributed by atoms with Gasteiger partial charge in [-0.2, -0.15) is 0 Å². The molecule has 174 valence electrons. The van der Waals surface area contributed by atoms with Crippen molar-refractivity contribution in [1.82, 2.24) is 5.32 Å². The molecule has 2 aromatic carbocycles. The van der Waals surface area contributed by atoms with Gasteiger partial charge in [-0.25, -0.2) is 8.42 Å². The average Bonchev–Trinajstić information content (AvgIpc) is 2.71. The summed E-state index contributed by atoms with van der Waals surface area (Å²) in [4.78, 5) is 2.48. The Hall–Kier alpha value is -2.45. The van der Waals surface area contributed by atoms with Gasteiger partial charge in [0.15, 0.2) is 0 Å². The van der Waals surface area contributed by atoms with Crippen LogP contribution >= 0.6 is 0 Å². The summed E-state index contributed by atoms with van der Waals surface area (Å²) in [6.07, 6.45) is 1.62. The van der Waals surface area contributed by atoms with Gasteiger partial charge in [-0.15, -0.1) is 0 Å². The van der Waals surface area contributed by atoms with E-state index in [1.165, 1.54) is 0 Å². The molecule has 1 fully saturated rings. The summed E-state index contributed by atoms with van der Waals surface area (Å²) < 4.78 is 40.7. The molecule has 0 aromatic heterocycles. The van der Waals surface area contributed by atoms with Gasteiger partial charge < -0.3 is 19.7 Å². The Bertz CT molecular complexity index is 1090. The maximum absolute atomic E-state index is 13.2.